The Morgan fingerprint density at radius 2 is 1.94 bits per heavy atom. The molecule has 0 bridgehead atoms. The van der Waals surface area contributed by atoms with Gasteiger partial charge in [0.25, 0.3) is 5.91 Å². The highest BCUT2D eigenvalue weighted by atomic mass is 32.2. The molecule has 1 aliphatic carbocycles. The number of rotatable bonds is 5. The fourth-order valence-electron chi connectivity index (χ4n) is 4.38. The lowest BCUT2D eigenvalue weighted by Gasteiger charge is -2.32. The van der Waals surface area contributed by atoms with E-state index < -0.39 is 10.0 Å². The lowest BCUT2D eigenvalue weighted by molar-refractivity contribution is -0.126. The Morgan fingerprint density at radius 1 is 1.19 bits per heavy atom. The Morgan fingerprint density at radius 3 is 2.68 bits per heavy atom. The fraction of sp³-hybridized carbons (Fsp3) is 0.619. The molecule has 3 aliphatic rings. The molecule has 10 heteroatoms. The van der Waals surface area contributed by atoms with Gasteiger partial charge in [-0.15, -0.1) is 0 Å². The van der Waals surface area contributed by atoms with E-state index in [1.165, 1.54) is 27.8 Å². The van der Waals surface area contributed by atoms with Gasteiger partial charge < -0.3 is 14.8 Å². The summed E-state index contributed by atoms with van der Waals surface area (Å²) in [6, 6.07) is 4.54. The molecule has 2 aliphatic heterocycles. The summed E-state index contributed by atoms with van der Waals surface area (Å²) in [5.74, 6) is 0.164. The Labute approximate surface area is 182 Å². The topological polar surface area (TPSA) is 105 Å². The highest BCUT2D eigenvalue weighted by Gasteiger charge is 2.32. The molecule has 0 aromatic heterocycles. The van der Waals surface area contributed by atoms with Crippen LogP contribution in [0.1, 0.15) is 32.6 Å². The predicted molar refractivity (Wildman–Crippen MR) is 113 cm³/mol. The lowest BCUT2D eigenvalue weighted by atomic mass is 9.86. The molecule has 1 N–H and O–H groups in total. The van der Waals surface area contributed by atoms with Gasteiger partial charge in [-0.25, -0.2) is 8.42 Å². The van der Waals surface area contributed by atoms with E-state index in [2.05, 4.69) is 12.2 Å². The molecule has 1 aromatic carbocycles. The van der Waals surface area contributed by atoms with Gasteiger partial charge in [0.2, 0.25) is 15.9 Å². The highest BCUT2D eigenvalue weighted by molar-refractivity contribution is 7.89. The van der Waals surface area contributed by atoms with Crippen molar-refractivity contribution in [3.63, 3.8) is 0 Å². The van der Waals surface area contributed by atoms with Gasteiger partial charge in [-0.2, -0.15) is 4.31 Å². The van der Waals surface area contributed by atoms with Gasteiger partial charge in [-0.3, -0.25) is 14.5 Å². The average Bonchev–Trinajstić information content (AvgIpc) is 2.77. The summed E-state index contributed by atoms with van der Waals surface area (Å²) in [7, 11) is -3.74. The van der Waals surface area contributed by atoms with Crippen LogP contribution in [0.15, 0.2) is 23.1 Å². The Kier molecular flexibility index (Phi) is 6.49. The molecular formula is C21H29N3O6S. The maximum absolute atomic E-state index is 13.0. The summed E-state index contributed by atoms with van der Waals surface area (Å²) < 4.78 is 38.1. The molecule has 31 heavy (non-hydrogen) atoms. The molecule has 1 saturated heterocycles. The molecule has 0 unspecified atom stereocenters. The molecule has 2 atom stereocenters. The number of ether oxygens (including phenoxy) is 2. The zero-order valence-corrected chi connectivity index (χ0v) is 18.5. The molecular weight excluding hydrogens is 422 g/mol. The summed E-state index contributed by atoms with van der Waals surface area (Å²) >= 11 is 0. The molecule has 2 fully saturated rings. The van der Waals surface area contributed by atoms with Gasteiger partial charge in [0.1, 0.15) is 12.3 Å². The molecule has 1 aromatic rings. The maximum atomic E-state index is 13.0. The number of benzene rings is 1. The van der Waals surface area contributed by atoms with Crippen LogP contribution in [0.5, 0.6) is 5.75 Å². The molecule has 170 valence electrons. The average molecular weight is 452 g/mol. The van der Waals surface area contributed by atoms with Gasteiger partial charge in [0.15, 0.2) is 6.61 Å². The van der Waals surface area contributed by atoms with Crippen molar-refractivity contribution in [1.82, 2.24) is 9.62 Å². The van der Waals surface area contributed by atoms with Crippen molar-refractivity contribution in [2.45, 2.75) is 43.5 Å². The van der Waals surface area contributed by atoms with Gasteiger partial charge in [0, 0.05) is 19.1 Å². The van der Waals surface area contributed by atoms with Crippen LogP contribution < -0.4 is 15.0 Å². The van der Waals surface area contributed by atoms with Crippen LogP contribution in [0, 0.1) is 5.92 Å². The first kappa shape index (κ1) is 22.0. The van der Waals surface area contributed by atoms with Crippen LogP contribution >= 0.6 is 0 Å². The Balaban J connectivity index is 1.54. The van der Waals surface area contributed by atoms with E-state index in [4.69, 9.17) is 9.47 Å². The maximum Gasteiger partial charge on any atom is 0.265 e. The summed E-state index contributed by atoms with van der Waals surface area (Å²) in [6.45, 7) is 3.02. The third-order valence-corrected chi connectivity index (χ3v) is 8.14. The molecule has 0 radical (unpaired) electrons. The fourth-order valence-corrected chi connectivity index (χ4v) is 5.81. The van der Waals surface area contributed by atoms with Crippen LogP contribution in [0.25, 0.3) is 0 Å². The predicted octanol–water partition coefficient (Wildman–Crippen LogP) is 1.13. The van der Waals surface area contributed by atoms with Crippen LogP contribution in [0.3, 0.4) is 0 Å². The number of hydrogen-bond donors (Lipinski definition) is 1. The molecule has 1 saturated carbocycles. The molecule has 4 rings (SSSR count). The third-order valence-electron chi connectivity index (χ3n) is 6.24. The number of nitrogens with one attached hydrogen (secondary N) is 1. The summed E-state index contributed by atoms with van der Waals surface area (Å²) in [5, 5.41) is 3.05. The van der Waals surface area contributed by atoms with Crippen LogP contribution in [-0.2, 0) is 24.3 Å². The zero-order chi connectivity index (χ0) is 22.0. The number of hydrogen-bond acceptors (Lipinski definition) is 6. The highest BCUT2D eigenvalue weighted by Crippen LogP contribution is 2.35. The van der Waals surface area contributed by atoms with E-state index in [-0.39, 0.29) is 49.0 Å². The SMILES string of the molecule is C[C@H]1CCCC[C@H]1NC(=O)CN1C(=O)COc2ccc(S(=O)(=O)N3CCOCC3)cc21. The number of morpholine rings is 1. The van der Waals surface area contributed by atoms with E-state index in [9.17, 15) is 18.0 Å². The van der Waals surface area contributed by atoms with E-state index >= 15 is 0 Å². The van der Waals surface area contributed by atoms with E-state index in [0.717, 1.165) is 19.3 Å². The molecule has 2 amide bonds. The first-order chi connectivity index (χ1) is 14.9. The van der Waals surface area contributed by atoms with Crippen molar-refractivity contribution < 1.29 is 27.5 Å². The normalized spacial score (nSPS) is 24.9. The van der Waals surface area contributed by atoms with Crippen molar-refractivity contribution in [3.8, 4) is 5.75 Å². The first-order valence-corrected chi connectivity index (χ1v) is 12.2. The van der Waals surface area contributed by atoms with E-state index in [0.29, 0.717) is 30.6 Å². The van der Waals surface area contributed by atoms with Gasteiger partial charge >= 0.3 is 0 Å². The number of amides is 2. The number of fused-ring (bicyclic) bond motifs is 1. The van der Waals surface area contributed by atoms with Gasteiger partial charge in [-0.1, -0.05) is 19.8 Å². The van der Waals surface area contributed by atoms with Crippen molar-refractivity contribution in [3.05, 3.63) is 18.2 Å². The third kappa shape index (κ3) is 4.70. The lowest BCUT2D eigenvalue weighted by Crippen LogP contribution is -2.49. The van der Waals surface area contributed by atoms with Gasteiger partial charge in [-0.05, 0) is 37.0 Å². The second-order valence-corrected chi connectivity index (χ2v) is 10.3. The summed E-state index contributed by atoms with van der Waals surface area (Å²) in [4.78, 5) is 26.7. The standard InChI is InChI=1S/C21H29N3O6S/c1-15-4-2-3-5-17(15)22-20(25)13-24-18-12-16(6-7-19(18)30-14-21(24)26)31(27,28)23-8-10-29-11-9-23/h6-7,12,15,17H,2-5,8-11,13-14H2,1H3,(H,22,25)/t15-,17+/m0/s1. The van der Waals surface area contributed by atoms with Crippen molar-refractivity contribution >= 4 is 27.5 Å². The zero-order valence-electron chi connectivity index (χ0n) is 17.7. The minimum absolute atomic E-state index is 0.0674. The van der Waals surface area contributed by atoms with Crippen LogP contribution in [0.2, 0.25) is 0 Å². The Bertz CT molecular complexity index is 944. The minimum Gasteiger partial charge on any atom is -0.482 e. The quantitative estimate of drug-likeness (QED) is 0.720. The smallest absolute Gasteiger partial charge is 0.265 e. The Hall–Kier alpha value is -2.17. The first-order valence-electron chi connectivity index (χ1n) is 10.8. The van der Waals surface area contributed by atoms with E-state index in [1.54, 1.807) is 6.07 Å². The number of sulfonamides is 1. The van der Waals surface area contributed by atoms with E-state index in [1.807, 2.05) is 0 Å². The number of nitrogens with zero attached hydrogens (tertiary/aromatic N) is 2. The van der Waals surface area contributed by atoms with Crippen molar-refractivity contribution in [2.75, 3.05) is 44.4 Å². The molecule has 0 spiro atoms. The second kappa shape index (κ2) is 9.13. The minimum atomic E-state index is -3.74. The van der Waals surface area contributed by atoms with Crippen molar-refractivity contribution in [2.24, 2.45) is 5.92 Å². The number of carbonyl (C=O) groups is 2. The monoisotopic (exact) mass is 451 g/mol. The molecule has 2 heterocycles. The van der Waals surface area contributed by atoms with Gasteiger partial charge in [0.05, 0.1) is 23.8 Å². The largest absolute Gasteiger partial charge is 0.482 e. The van der Waals surface area contributed by atoms with Crippen molar-refractivity contribution in [1.29, 1.82) is 0 Å². The summed E-state index contributed by atoms with van der Waals surface area (Å²) in [5.41, 5.74) is 0.303. The number of anilines is 1. The van der Waals surface area contributed by atoms with Crippen LogP contribution in [0.4, 0.5) is 5.69 Å². The van der Waals surface area contributed by atoms with Crippen LogP contribution in [-0.4, -0.2) is 70.0 Å². The summed E-state index contributed by atoms with van der Waals surface area (Å²) in [6.07, 6.45) is 4.26. The number of carbonyl (C=O) groups excluding carboxylic acids is 2. The molecule has 9 nitrogen and oxygen atoms in total. The second-order valence-electron chi connectivity index (χ2n) is 8.35.